The average molecular weight is 264 g/mol. The molecule has 0 aromatic carbocycles. The highest BCUT2D eigenvalue weighted by Crippen LogP contribution is 2.38. The van der Waals surface area contributed by atoms with Gasteiger partial charge >= 0.3 is 12.1 Å². The molecule has 0 aromatic heterocycles. The third-order valence-electron chi connectivity index (χ3n) is 2.36. The number of thioether (sulfide) groups is 1. The smallest absolute Gasteiger partial charge is 0.440 e. The van der Waals surface area contributed by atoms with Crippen molar-refractivity contribution < 1.29 is 27.5 Å². The summed E-state index contributed by atoms with van der Waals surface area (Å²) < 4.78 is 40.4. The molecule has 0 saturated heterocycles. The van der Waals surface area contributed by atoms with Gasteiger partial charge in [-0.2, -0.15) is 13.2 Å². The minimum absolute atomic E-state index is 0.124. The van der Waals surface area contributed by atoms with Gasteiger partial charge in [0.1, 0.15) is 0 Å². The molecule has 0 amide bonds. The Balaban J connectivity index is 2.13. The van der Waals surface area contributed by atoms with Gasteiger partial charge in [-0.15, -0.1) is 11.8 Å². The first-order chi connectivity index (χ1) is 7.89. The van der Waals surface area contributed by atoms with Crippen molar-refractivity contribution in [2.45, 2.75) is 18.0 Å². The number of hydrogen-bond acceptors (Lipinski definition) is 4. The van der Waals surface area contributed by atoms with Crippen molar-refractivity contribution in [3.8, 4) is 0 Å². The summed E-state index contributed by atoms with van der Waals surface area (Å²) >= 11 is 1.01. The molecule has 2 rings (SSSR count). The summed E-state index contributed by atoms with van der Waals surface area (Å²) in [5.74, 6) is -2.07. The number of allylic oxidation sites excluding steroid dienone is 1. The molecule has 1 aliphatic carbocycles. The maximum Gasteiger partial charge on any atom is 0.490 e. The molecule has 3 nitrogen and oxygen atoms in total. The van der Waals surface area contributed by atoms with Gasteiger partial charge in [-0.25, -0.2) is 4.79 Å². The van der Waals surface area contributed by atoms with E-state index >= 15 is 0 Å². The largest absolute Gasteiger partial charge is 0.490 e. The van der Waals surface area contributed by atoms with Gasteiger partial charge in [-0.05, 0) is 0 Å². The SMILES string of the molecule is O=C1CC=CC2=C1CSC2OC(=O)C(F)(F)F. The zero-order valence-corrected chi connectivity index (χ0v) is 9.23. The number of ether oxygens (including phenoxy) is 1. The van der Waals surface area contributed by atoms with Crippen LogP contribution in [0.1, 0.15) is 6.42 Å². The lowest BCUT2D eigenvalue weighted by Gasteiger charge is -2.15. The second-order valence-electron chi connectivity index (χ2n) is 3.51. The molecule has 7 heteroatoms. The molecule has 2 aliphatic rings. The van der Waals surface area contributed by atoms with Crippen LogP contribution in [-0.4, -0.2) is 29.1 Å². The lowest BCUT2D eigenvalue weighted by atomic mass is 9.98. The quantitative estimate of drug-likeness (QED) is 0.679. The molecule has 0 spiro atoms. The number of carbonyl (C=O) groups is 2. The highest BCUT2D eigenvalue weighted by atomic mass is 32.2. The summed E-state index contributed by atoms with van der Waals surface area (Å²) in [5.41, 5.74) is -0.194. The van der Waals surface area contributed by atoms with E-state index in [-0.39, 0.29) is 18.0 Å². The molecule has 1 aliphatic heterocycles. The molecule has 1 unspecified atom stereocenters. The van der Waals surface area contributed by atoms with Gasteiger partial charge in [-0.3, -0.25) is 4.79 Å². The van der Waals surface area contributed by atoms with E-state index in [2.05, 4.69) is 4.74 Å². The number of esters is 1. The van der Waals surface area contributed by atoms with Crippen LogP contribution in [0.2, 0.25) is 0 Å². The summed E-state index contributed by atoms with van der Waals surface area (Å²) in [5, 5.41) is 0. The number of rotatable bonds is 1. The van der Waals surface area contributed by atoms with Crippen LogP contribution in [0.3, 0.4) is 0 Å². The Hall–Kier alpha value is -1.24. The predicted octanol–water partition coefficient (Wildman–Crippen LogP) is 1.99. The summed E-state index contributed by atoms with van der Waals surface area (Å²) in [6, 6.07) is 0. The number of Topliss-reactive ketones (excluding diaryl/α,β-unsaturated/α-hetero) is 1. The van der Waals surface area contributed by atoms with Crippen LogP contribution < -0.4 is 0 Å². The van der Waals surface area contributed by atoms with Crippen LogP contribution >= 0.6 is 11.8 Å². The number of carbonyl (C=O) groups excluding carboxylic acids is 2. The Morgan fingerprint density at radius 2 is 2.18 bits per heavy atom. The van der Waals surface area contributed by atoms with Crippen LogP contribution in [0, 0.1) is 0 Å². The predicted molar refractivity (Wildman–Crippen MR) is 54.2 cm³/mol. The molecule has 1 atom stereocenters. The Kier molecular flexibility index (Phi) is 3.03. The van der Waals surface area contributed by atoms with Crippen LogP contribution in [0.25, 0.3) is 0 Å². The van der Waals surface area contributed by atoms with Crippen molar-refractivity contribution in [2.24, 2.45) is 0 Å². The monoisotopic (exact) mass is 264 g/mol. The van der Waals surface area contributed by atoms with Crippen molar-refractivity contribution >= 4 is 23.5 Å². The van der Waals surface area contributed by atoms with E-state index in [0.29, 0.717) is 11.1 Å². The Bertz CT molecular complexity index is 437. The van der Waals surface area contributed by atoms with Gasteiger partial charge in [0.05, 0.1) is 0 Å². The van der Waals surface area contributed by atoms with Crippen molar-refractivity contribution in [1.29, 1.82) is 0 Å². The van der Waals surface area contributed by atoms with Gasteiger partial charge in [0.15, 0.2) is 11.2 Å². The van der Waals surface area contributed by atoms with Gasteiger partial charge in [0, 0.05) is 23.3 Å². The molecule has 17 heavy (non-hydrogen) atoms. The molecule has 0 fully saturated rings. The molecule has 0 bridgehead atoms. The second-order valence-corrected chi connectivity index (χ2v) is 4.56. The van der Waals surface area contributed by atoms with E-state index in [1.54, 1.807) is 12.2 Å². The van der Waals surface area contributed by atoms with Gasteiger partial charge < -0.3 is 4.74 Å². The fourth-order valence-corrected chi connectivity index (χ4v) is 2.77. The molecular formula is C10H7F3O3S. The van der Waals surface area contributed by atoms with Crippen molar-refractivity contribution in [3.05, 3.63) is 23.3 Å². The molecular weight excluding hydrogens is 257 g/mol. The molecule has 0 aromatic rings. The first-order valence-electron chi connectivity index (χ1n) is 4.72. The normalized spacial score (nSPS) is 23.9. The third-order valence-corrected chi connectivity index (χ3v) is 3.47. The fraction of sp³-hybridized carbons (Fsp3) is 0.400. The summed E-state index contributed by atoms with van der Waals surface area (Å²) in [6.45, 7) is 0. The van der Waals surface area contributed by atoms with E-state index in [1.165, 1.54) is 0 Å². The summed E-state index contributed by atoms with van der Waals surface area (Å²) in [4.78, 5) is 22.1. The highest BCUT2D eigenvalue weighted by Gasteiger charge is 2.44. The standard InChI is InChI=1S/C10H7F3O3S/c11-10(12,13)9(15)16-8-5-2-1-3-7(14)6(5)4-17-8/h1-2,8H,3-4H2. The topological polar surface area (TPSA) is 43.4 Å². The van der Waals surface area contributed by atoms with Crippen LogP contribution in [0.4, 0.5) is 13.2 Å². The number of alkyl halides is 3. The van der Waals surface area contributed by atoms with Crippen molar-refractivity contribution in [3.63, 3.8) is 0 Å². The highest BCUT2D eigenvalue weighted by molar-refractivity contribution is 8.00. The van der Waals surface area contributed by atoms with E-state index < -0.39 is 17.6 Å². The third kappa shape index (κ3) is 2.38. The molecule has 0 radical (unpaired) electrons. The minimum atomic E-state index is -5.01. The van der Waals surface area contributed by atoms with Crippen LogP contribution in [0.5, 0.6) is 0 Å². The van der Waals surface area contributed by atoms with E-state index in [4.69, 9.17) is 0 Å². The van der Waals surface area contributed by atoms with Crippen LogP contribution in [0.15, 0.2) is 23.3 Å². The molecule has 1 heterocycles. The minimum Gasteiger partial charge on any atom is -0.440 e. The van der Waals surface area contributed by atoms with E-state index in [1.807, 2.05) is 0 Å². The number of halogens is 3. The Morgan fingerprint density at radius 1 is 1.47 bits per heavy atom. The summed E-state index contributed by atoms with van der Waals surface area (Å²) in [7, 11) is 0. The molecule has 0 N–H and O–H groups in total. The maximum atomic E-state index is 12.0. The second kappa shape index (κ2) is 4.21. The zero-order valence-electron chi connectivity index (χ0n) is 8.41. The molecule has 92 valence electrons. The Morgan fingerprint density at radius 3 is 2.82 bits per heavy atom. The first kappa shape index (κ1) is 12.2. The van der Waals surface area contributed by atoms with E-state index in [9.17, 15) is 22.8 Å². The number of ketones is 1. The fourth-order valence-electron chi connectivity index (χ4n) is 1.57. The van der Waals surface area contributed by atoms with Gasteiger partial charge in [-0.1, -0.05) is 12.2 Å². The van der Waals surface area contributed by atoms with Gasteiger partial charge in [0.25, 0.3) is 0 Å². The maximum absolute atomic E-state index is 12.0. The van der Waals surface area contributed by atoms with Crippen molar-refractivity contribution in [2.75, 3.05) is 5.75 Å². The van der Waals surface area contributed by atoms with Gasteiger partial charge in [0.2, 0.25) is 0 Å². The van der Waals surface area contributed by atoms with Crippen LogP contribution in [-0.2, 0) is 14.3 Å². The average Bonchev–Trinajstić information content (AvgIpc) is 2.62. The first-order valence-corrected chi connectivity index (χ1v) is 5.76. The lowest BCUT2D eigenvalue weighted by Crippen LogP contribution is -2.29. The lowest BCUT2D eigenvalue weighted by molar-refractivity contribution is -0.199. The van der Waals surface area contributed by atoms with E-state index in [0.717, 1.165) is 11.8 Å². The Labute approximate surface area is 98.7 Å². The number of hydrogen-bond donors (Lipinski definition) is 0. The molecule has 0 saturated carbocycles. The zero-order chi connectivity index (χ0) is 12.6. The summed E-state index contributed by atoms with van der Waals surface area (Å²) in [6.07, 6.45) is -1.65. The van der Waals surface area contributed by atoms with Crippen molar-refractivity contribution in [1.82, 2.24) is 0 Å².